The Morgan fingerprint density at radius 3 is 2.15 bits per heavy atom. The summed E-state index contributed by atoms with van der Waals surface area (Å²) in [6.45, 7) is 4.34. The minimum Gasteiger partial charge on any atom is -0.481 e. The smallest absolute Gasteiger partial charge is 0.407 e. The minimum atomic E-state index is -0.871. The van der Waals surface area contributed by atoms with Crippen molar-refractivity contribution in [1.29, 1.82) is 0 Å². The van der Waals surface area contributed by atoms with Gasteiger partial charge in [0.2, 0.25) is 5.91 Å². The summed E-state index contributed by atoms with van der Waals surface area (Å²) in [6.07, 6.45) is 0.634. The van der Waals surface area contributed by atoms with Crippen LogP contribution in [0.2, 0.25) is 0 Å². The van der Waals surface area contributed by atoms with Gasteiger partial charge in [-0.25, -0.2) is 4.79 Å². The molecule has 3 rings (SSSR count). The number of fused-ring (bicyclic) bond motifs is 3. The molecule has 0 spiro atoms. The van der Waals surface area contributed by atoms with Gasteiger partial charge in [-0.3, -0.25) is 9.59 Å². The van der Waals surface area contributed by atoms with Crippen molar-refractivity contribution in [3.05, 3.63) is 59.7 Å². The van der Waals surface area contributed by atoms with Crippen molar-refractivity contribution in [3.8, 4) is 11.1 Å². The highest BCUT2D eigenvalue weighted by Crippen LogP contribution is 2.44. The molecule has 176 valence electrons. The normalized spacial score (nSPS) is 12.6. The number of aliphatic carboxylic acids is 1. The molecular formula is C26H32N2O5. The van der Waals surface area contributed by atoms with E-state index in [-0.39, 0.29) is 31.3 Å². The number of alkyl carbamates (subject to hydrolysis) is 1. The van der Waals surface area contributed by atoms with Crippen molar-refractivity contribution in [2.45, 2.75) is 51.0 Å². The Hall–Kier alpha value is -3.35. The molecule has 0 saturated heterocycles. The number of carboxylic acids is 1. The fraction of sp³-hybridized carbons (Fsp3) is 0.423. The standard InChI is InChI=1S/C26H32N2O5/c1-26(2,15-14-23(29)28(3)16-8-13-24(30)31)27-25(32)33-17-22-20-11-6-4-9-18(20)19-10-5-7-12-21(19)22/h4-7,9-12,22H,8,13-17H2,1-3H3,(H,27,32)(H,30,31). The first-order chi connectivity index (χ1) is 15.7. The molecule has 7 nitrogen and oxygen atoms in total. The molecule has 1 aliphatic carbocycles. The molecule has 0 aliphatic heterocycles. The highest BCUT2D eigenvalue weighted by atomic mass is 16.5. The number of amides is 2. The van der Waals surface area contributed by atoms with Crippen LogP contribution in [0.15, 0.2) is 48.5 Å². The van der Waals surface area contributed by atoms with Crippen LogP contribution < -0.4 is 5.32 Å². The Morgan fingerprint density at radius 2 is 1.58 bits per heavy atom. The molecule has 1 aliphatic rings. The van der Waals surface area contributed by atoms with Crippen molar-refractivity contribution in [3.63, 3.8) is 0 Å². The van der Waals surface area contributed by atoms with Crippen LogP contribution in [-0.4, -0.2) is 53.7 Å². The zero-order valence-corrected chi connectivity index (χ0v) is 19.5. The largest absolute Gasteiger partial charge is 0.481 e. The SMILES string of the molecule is CN(CCCC(=O)O)C(=O)CCC(C)(C)NC(=O)OCC1c2ccccc2-c2ccccc21. The van der Waals surface area contributed by atoms with E-state index in [1.165, 1.54) is 16.0 Å². The maximum atomic E-state index is 12.5. The van der Waals surface area contributed by atoms with Crippen LogP contribution in [0.1, 0.15) is 56.6 Å². The maximum Gasteiger partial charge on any atom is 0.407 e. The summed E-state index contributed by atoms with van der Waals surface area (Å²) in [5, 5.41) is 11.6. The van der Waals surface area contributed by atoms with E-state index in [0.717, 1.165) is 11.1 Å². The summed E-state index contributed by atoms with van der Waals surface area (Å²) < 4.78 is 5.60. The van der Waals surface area contributed by atoms with Gasteiger partial charge in [0.25, 0.3) is 0 Å². The van der Waals surface area contributed by atoms with E-state index in [0.29, 0.717) is 19.4 Å². The van der Waals surface area contributed by atoms with E-state index < -0.39 is 17.6 Å². The molecule has 0 radical (unpaired) electrons. The van der Waals surface area contributed by atoms with Crippen LogP contribution in [-0.2, 0) is 14.3 Å². The fourth-order valence-electron chi connectivity index (χ4n) is 4.18. The lowest BCUT2D eigenvalue weighted by Gasteiger charge is -2.27. The maximum absolute atomic E-state index is 12.5. The third-order valence-electron chi connectivity index (χ3n) is 6.06. The number of hydrogen-bond donors (Lipinski definition) is 2. The molecule has 0 saturated carbocycles. The van der Waals surface area contributed by atoms with Crippen molar-refractivity contribution in [2.75, 3.05) is 20.2 Å². The lowest BCUT2D eigenvalue weighted by molar-refractivity contribution is -0.138. The second-order valence-corrected chi connectivity index (χ2v) is 9.15. The summed E-state index contributed by atoms with van der Waals surface area (Å²) in [4.78, 5) is 37.0. The van der Waals surface area contributed by atoms with E-state index in [1.54, 1.807) is 7.05 Å². The van der Waals surface area contributed by atoms with Gasteiger partial charge in [-0.1, -0.05) is 48.5 Å². The lowest BCUT2D eigenvalue weighted by atomic mass is 9.98. The number of nitrogens with zero attached hydrogens (tertiary/aromatic N) is 1. The first-order valence-electron chi connectivity index (χ1n) is 11.3. The molecule has 0 aromatic heterocycles. The van der Waals surface area contributed by atoms with Crippen molar-refractivity contribution >= 4 is 18.0 Å². The quantitative estimate of drug-likeness (QED) is 0.557. The van der Waals surface area contributed by atoms with Gasteiger partial charge >= 0.3 is 12.1 Å². The molecule has 0 heterocycles. The molecule has 2 amide bonds. The van der Waals surface area contributed by atoms with Crippen LogP contribution in [0.3, 0.4) is 0 Å². The molecule has 0 unspecified atom stereocenters. The van der Waals surface area contributed by atoms with Crippen LogP contribution >= 0.6 is 0 Å². The number of carboxylic acid groups (broad SMARTS) is 1. The van der Waals surface area contributed by atoms with Crippen molar-refractivity contribution in [2.24, 2.45) is 0 Å². The average Bonchev–Trinajstić information content (AvgIpc) is 3.09. The highest BCUT2D eigenvalue weighted by Gasteiger charge is 2.30. The number of carbonyl (C=O) groups is 3. The predicted octanol–water partition coefficient (Wildman–Crippen LogP) is 4.41. The third kappa shape index (κ3) is 6.34. The van der Waals surface area contributed by atoms with Crippen LogP contribution in [0.4, 0.5) is 4.79 Å². The Morgan fingerprint density at radius 1 is 1.00 bits per heavy atom. The second-order valence-electron chi connectivity index (χ2n) is 9.15. The van der Waals surface area contributed by atoms with E-state index in [4.69, 9.17) is 9.84 Å². The van der Waals surface area contributed by atoms with E-state index in [9.17, 15) is 14.4 Å². The number of rotatable bonds is 10. The van der Waals surface area contributed by atoms with Crippen molar-refractivity contribution in [1.82, 2.24) is 10.2 Å². The molecule has 2 N–H and O–H groups in total. The summed E-state index contributed by atoms with van der Waals surface area (Å²) >= 11 is 0. The molecule has 7 heteroatoms. The summed E-state index contributed by atoms with van der Waals surface area (Å²) in [5.41, 5.74) is 4.03. The molecular weight excluding hydrogens is 420 g/mol. The monoisotopic (exact) mass is 452 g/mol. The number of carbonyl (C=O) groups excluding carboxylic acids is 2. The fourth-order valence-corrected chi connectivity index (χ4v) is 4.18. The van der Waals surface area contributed by atoms with Gasteiger partial charge in [-0.15, -0.1) is 0 Å². The zero-order valence-electron chi connectivity index (χ0n) is 19.5. The first kappa shape index (κ1) is 24.3. The predicted molar refractivity (Wildman–Crippen MR) is 126 cm³/mol. The zero-order chi connectivity index (χ0) is 24.0. The molecule has 0 atom stereocenters. The minimum absolute atomic E-state index is 0.00714. The van der Waals surface area contributed by atoms with Gasteiger partial charge in [0.1, 0.15) is 6.61 Å². The highest BCUT2D eigenvalue weighted by molar-refractivity contribution is 5.79. The topological polar surface area (TPSA) is 95.9 Å². The number of benzene rings is 2. The number of nitrogens with one attached hydrogen (secondary N) is 1. The Bertz CT molecular complexity index is 972. The number of ether oxygens (including phenoxy) is 1. The molecule has 2 aromatic rings. The average molecular weight is 453 g/mol. The molecule has 0 fully saturated rings. The summed E-state index contributed by atoms with van der Waals surface area (Å²) in [7, 11) is 1.66. The lowest BCUT2D eigenvalue weighted by Crippen LogP contribution is -2.44. The molecule has 33 heavy (non-hydrogen) atoms. The Balaban J connectivity index is 1.49. The Labute approximate surface area is 194 Å². The Kier molecular flexibility index (Phi) is 7.74. The molecule has 0 bridgehead atoms. The first-order valence-corrected chi connectivity index (χ1v) is 11.3. The van der Waals surface area contributed by atoms with E-state index in [2.05, 4.69) is 29.6 Å². The van der Waals surface area contributed by atoms with E-state index >= 15 is 0 Å². The van der Waals surface area contributed by atoms with E-state index in [1.807, 2.05) is 38.1 Å². The van der Waals surface area contributed by atoms with Gasteiger partial charge in [-0.05, 0) is 48.9 Å². The summed E-state index contributed by atoms with van der Waals surface area (Å²) in [6, 6.07) is 16.3. The van der Waals surface area contributed by atoms with Crippen LogP contribution in [0, 0.1) is 0 Å². The summed E-state index contributed by atoms with van der Waals surface area (Å²) in [5.74, 6) is -0.959. The van der Waals surface area contributed by atoms with Gasteiger partial charge in [0.05, 0.1) is 0 Å². The van der Waals surface area contributed by atoms with Crippen molar-refractivity contribution < 1.29 is 24.2 Å². The second kappa shape index (κ2) is 10.5. The van der Waals surface area contributed by atoms with Crippen LogP contribution in [0.5, 0.6) is 0 Å². The third-order valence-corrected chi connectivity index (χ3v) is 6.06. The van der Waals surface area contributed by atoms with Gasteiger partial charge in [0, 0.05) is 37.9 Å². The van der Waals surface area contributed by atoms with Gasteiger partial charge < -0.3 is 20.1 Å². The van der Waals surface area contributed by atoms with Gasteiger partial charge in [0.15, 0.2) is 0 Å². The number of hydrogen-bond acceptors (Lipinski definition) is 4. The molecule has 2 aromatic carbocycles. The van der Waals surface area contributed by atoms with Crippen LogP contribution in [0.25, 0.3) is 11.1 Å². The van der Waals surface area contributed by atoms with Gasteiger partial charge in [-0.2, -0.15) is 0 Å².